The van der Waals surface area contributed by atoms with Gasteiger partial charge in [0.25, 0.3) is 0 Å². The lowest BCUT2D eigenvalue weighted by Gasteiger charge is -2.24. The SMILES string of the molecule is CCOC(=O)C(=C(c1ccccc1)c1ccccc1)C(C(=O)OCC)n1nc(C(=O)OCC)c(C(=O)OCC)c1-c1ccccc1. The van der Waals surface area contributed by atoms with Gasteiger partial charge in [0.2, 0.25) is 0 Å². The maximum atomic E-state index is 14.2. The van der Waals surface area contributed by atoms with Gasteiger partial charge in [0.1, 0.15) is 5.56 Å². The summed E-state index contributed by atoms with van der Waals surface area (Å²) in [6.45, 7) is 6.50. The number of aromatic nitrogens is 2. The molecule has 238 valence electrons. The number of carbonyl (C=O) groups excluding carboxylic acids is 4. The van der Waals surface area contributed by atoms with E-state index >= 15 is 0 Å². The van der Waals surface area contributed by atoms with E-state index in [1.54, 1.807) is 107 Å². The Hall–Kier alpha value is -5.51. The van der Waals surface area contributed by atoms with Crippen molar-refractivity contribution in [1.82, 2.24) is 9.78 Å². The number of hydrogen-bond donors (Lipinski definition) is 0. The molecular weight excluding hydrogens is 588 g/mol. The predicted molar refractivity (Wildman–Crippen MR) is 171 cm³/mol. The van der Waals surface area contributed by atoms with Crippen LogP contribution in [0.1, 0.15) is 65.7 Å². The van der Waals surface area contributed by atoms with E-state index in [2.05, 4.69) is 5.10 Å². The molecule has 10 heteroatoms. The maximum absolute atomic E-state index is 14.2. The summed E-state index contributed by atoms with van der Waals surface area (Å²) in [6, 6.07) is 25.1. The molecule has 0 saturated heterocycles. The Bertz CT molecular complexity index is 1650. The average molecular weight is 625 g/mol. The van der Waals surface area contributed by atoms with Crippen LogP contribution in [0.5, 0.6) is 0 Å². The Labute approximate surface area is 267 Å². The molecule has 0 aliphatic carbocycles. The first-order valence-electron chi connectivity index (χ1n) is 15.1. The van der Waals surface area contributed by atoms with Crippen molar-refractivity contribution < 1.29 is 38.1 Å². The molecular formula is C36H36N2O8. The van der Waals surface area contributed by atoms with Gasteiger partial charge in [-0.1, -0.05) is 91.0 Å². The second-order valence-electron chi connectivity index (χ2n) is 9.72. The molecule has 4 aromatic rings. The van der Waals surface area contributed by atoms with Crippen molar-refractivity contribution in [3.05, 3.63) is 119 Å². The summed E-state index contributed by atoms with van der Waals surface area (Å²) in [5, 5.41) is 4.54. The smallest absolute Gasteiger partial charge is 0.359 e. The van der Waals surface area contributed by atoms with Gasteiger partial charge in [0.15, 0.2) is 11.7 Å². The Balaban J connectivity index is 2.24. The van der Waals surface area contributed by atoms with Crippen LogP contribution in [0.4, 0.5) is 0 Å². The van der Waals surface area contributed by atoms with Crippen LogP contribution in [0.25, 0.3) is 16.8 Å². The zero-order valence-corrected chi connectivity index (χ0v) is 26.2. The molecule has 0 aliphatic rings. The molecule has 1 atom stereocenters. The molecule has 10 nitrogen and oxygen atoms in total. The monoisotopic (exact) mass is 624 g/mol. The van der Waals surface area contributed by atoms with Crippen LogP contribution in [-0.2, 0) is 28.5 Å². The highest BCUT2D eigenvalue weighted by Gasteiger charge is 2.41. The summed E-state index contributed by atoms with van der Waals surface area (Å²) in [7, 11) is 0. The normalized spacial score (nSPS) is 11.2. The zero-order chi connectivity index (χ0) is 33.1. The Morgan fingerprint density at radius 1 is 0.630 bits per heavy atom. The Morgan fingerprint density at radius 2 is 1.11 bits per heavy atom. The van der Waals surface area contributed by atoms with Gasteiger partial charge in [-0.15, -0.1) is 0 Å². The van der Waals surface area contributed by atoms with Gasteiger partial charge in [-0.25, -0.2) is 23.9 Å². The van der Waals surface area contributed by atoms with E-state index in [1.807, 2.05) is 12.1 Å². The highest BCUT2D eigenvalue weighted by atomic mass is 16.5. The fraction of sp³-hybridized carbons (Fsp3) is 0.250. The first kappa shape index (κ1) is 33.4. The van der Waals surface area contributed by atoms with Crippen molar-refractivity contribution in [2.45, 2.75) is 33.7 Å². The molecule has 0 spiro atoms. The molecule has 0 saturated carbocycles. The quantitative estimate of drug-likeness (QED) is 0.0990. The van der Waals surface area contributed by atoms with Crippen LogP contribution in [0.15, 0.2) is 96.6 Å². The lowest BCUT2D eigenvalue weighted by molar-refractivity contribution is -0.149. The summed E-state index contributed by atoms with van der Waals surface area (Å²) in [5.74, 6) is -3.43. The van der Waals surface area contributed by atoms with E-state index in [9.17, 15) is 19.2 Å². The van der Waals surface area contributed by atoms with E-state index in [4.69, 9.17) is 18.9 Å². The van der Waals surface area contributed by atoms with Crippen molar-refractivity contribution in [3.8, 4) is 11.3 Å². The van der Waals surface area contributed by atoms with Crippen molar-refractivity contribution in [2.24, 2.45) is 0 Å². The maximum Gasteiger partial charge on any atom is 0.359 e. The van der Waals surface area contributed by atoms with Crippen molar-refractivity contribution in [2.75, 3.05) is 26.4 Å². The topological polar surface area (TPSA) is 123 Å². The lowest BCUT2D eigenvalue weighted by atomic mass is 9.89. The highest BCUT2D eigenvalue weighted by molar-refractivity contribution is 6.09. The van der Waals surface area contributed by atoms with E-state index in [1.165, 1.54) is 4.68 Å². The number of nitrogens with zero attached hydrogens (tertiary/aromatic N) is 2. The number of ether oxygens (including phenoxy) is 4. The van der Waals surface area contributed by atoms with E-state index in [0.29, 0.717) is 22.3 Å². The van der Waals surface area contributed by atoms with Crippen LogP contribution < -0.4 is 0 Å². The lowest BCUT2D eigenvalue weighted by Crippen LogP contribution is -2.31. The minimum atomic E-state index is -1.62. The predicted octanol–water partition coefficient (Wildman–Crippen LogP) is 6.07. The molecule has 0 N–H and O–H groups in total. The molecule has 46 heavy (non-hydrogen) atoms. The molecule has 0 radical (unpaired) electrons. The first-order chi connectivity index (χ1) is 22.4. The number of benzene rings is 3. The van der Waals surface area contributed by atoms with E-state index in [-0.39, 0.29) is 49.0 Å². The van der Waals surface area contributed by atoms with Gasteiger partial charge < -0.3 is 18.9 Å². The third-order valence-corrected chi connectivity index (χ3v) is 6.82. The fourth-order valence-electron chi connectivity index (χ4n) is 5.04. The summed E-state index contributed by atoms with van der Waals surface area (Å²) >= 11 is 0. The van der Waals surface area contributed by atoms with Crippen molar-refractivity contribution in [1.29, 1.82) is 0 Å². The van der Waals surface area contributed by atoms with Crippen molar-refractivity contribution >= 4 is 29.5 Å². The first-order valence-corrected chi connectivity index (χ1v) is 15.1. The number of rotatable bonds is 13. The molecule has 1 unspecified atom stereocenters. The molecule has 0 bridgehead atoms. The standard InChI is InChI=1S/C36H36N2O8/c1-5-43-33(39)28(27(24-18-12-9-13-19-24)25-20-14-10-15-21-25)32(36(42)46-8-4)38-31(26-22-16-11-17-23-26)29(34(40)44-6-2)30(37-38)35(41)45-7-3/h9-23,32H,5-8H2,1-4H3. The number of carbonyl (C=O) groups is 4. The third kappa shape index (κ3) is 7.23. The van der Waals surface area contributed by atoms with E-state index < -0.39 is 29.9 Å². The minimum Gasteiger partial charge on any atom is -0.464 e. The van der Waals surface area contributed by atoms with Gasteiger partial charge >= 0.3 is 23.9 Å². The molecule has 3 aromatic carbocycles. The fourth-order valence-corrected chi connectivity index (χ4v) is 5.04. The van der Waals surface area contributed by atoms with Gasteiger partial charge in [-0.3, -0.25) is 0 Å². The van der Waals surface area contributed by atoms with Gasteiger partial charge in [0, 0.05) is 11.1 Å². The second kappa shape index (κ2) is 16.0. The Morgan fingerprint density at radius 3 is 1.61 bits per heavy atom. The third-order valence-electron chi connectivity index (χ3n) is 6.82. The van der Waals surface area contributed by atoms with Crippen LogP contribution in [0, 0.1) is 0 Å². The van der Waals surface area contributed by atoms with Gasteiger partial charge in [0.05, 0.1) is 37.7 Å². The molecule has 0 aliphatic heterocycles. The highest BCUT2D eigenvalue weighted by Crippen LogP contribution is 2.38. The molecule has 1 aromatic heterocycles. The molecule has 4 rings (SSSR count). The van der Waals surface area contributed by atoms with Crippen LogP contribution in [-0.4, -0.2) is 60.1 Å². The second-order valence-corrected chi connectivity index (χ2v) is 9.72. The average Bonchev–Trinajstić information content (AvgIpc) is 3.47. The summed E-state index contributed by atoms with van der Waals surface area (Å²) < 4.78 is 23.0. The van der Waals surface area contributed by atoms with Crippen LogP contribution in [0.2, 0.25) is 0 Å². The van der Waals surface area contributed by atoms with E-state index in [0.717, 1.165) is 0 Å². The zero-order valence-electron chi connectivity index (χ0n) is 26.2. The minimum absolute atomic E-state index is 0.00153. The van der Waals surface area contributed by atoms with Crippen LogP contribution >= 0.6 is 0 Å². The molecule has 0 fully saturated rings. The Kier molecular flexibility index (Phi) is 11.6. The van der Waals surface area contributed by atoms with Gasteiger partial charge in [-0.2, -0.15) is 5.10 Å². The molecule has 0 amide bonds. The largest absolute Gasteiger partial charge is 0.464 e. The molecule has 1 heterocycles. The number of esters is 4. The summed E-state index contributed by atoms with van der Waals surface area (Å²) in [4.78, 5) is 55.3. The summed E-state index contributed by atoms with van der Waals surface area (Å²) in [5.41, 5.74) is 1.37. The summed E-state index contributed by atoms with van der Waals surface area (Å²) in [6.07, 6.45) is 0. The van der Waals surface area contributed by atoms with Crippen molar-refractivity contribution in [3.63, 3.8) is 0 Å². The van der Waals surface area contributed by atoms with Gasteiger partial charge in [-0.05, 0) is 38.8 Å². The van der Waals surface area contributed by atoms with Crippen LogP contribution in [0.3, 0.4) is 0 Å². The number of hydrogen-bond acceptors (Lipinski definition) is 9.